The van der Waals surface area contributed by atoms with Crippen molar-refractivity contribution in [3.63, 3.8) is 0 Å². The lowest BCUT2D eigenvalue weighted by molar-refractivity contribution is -0.0947. The molecule has 152 valence electrons. The molecule has 0 aliphatic carbocycles. The molecule has 7 heteroatoms. The first-order chi connectivity index (χ1) is 12.7. The van der Waals surface area contributed by atoms with Gasteiger partial charge in [0, 0.05) is 31.7 Å². The van der Waals surface area contributed by atoms with E-state index in [-0.39, 0.29) is 23.8 Å². The third-order valence-corrected chi connectivity index (χ3v) is 4.86. The van der Waals surface area contributed by atoms with Gasteiger partial charge in [-0.1, -0.05) is 6.07 Å². The minimum atomic E-state index is -0.188. The SMILES string of the molecule is COc1ccc(CNC(=O)NCC(C)(C)N2CC(C)OC(C)C2)cc1OC. The number of nitrogens with one attached hydrogen (secondary N) is 2. The van der Waals surface area contributed by atoms with Crippen molar-refractivity contribution in [3.05, 3.63) is 23.8 Å². The van der Waals surface area contributed by atoms with Crippen molar-refractivity contribution in [2.75, 3.05) is 33.9 Å². The van der Waals surface area contributed by atoms with Crippen molar-refractivity contribution in [1.82, 2.24) is 15.5 Å². The van der Waals surface area contributed by atoms with Crippen LogP contribution in [0.3, 0.4) is 0 Å². The lowest BCUT2D eigenvalue weighted by atomic mass is 10.00. The van der Waals surface area contributed by atoms with Gasteiger partial charge in [-0.25, -0.2) is 4.79 Å². The van der Waals surface area contributed by atoms with Gasteiger partial charge in [-0.2, -0.15) is 0 Å². The van der Waals surface area contributed by atoms with Crippen LogP contribution in [0.25, 0.3) is 0 Å². The predicted molar refractivity (Wildman–Crippen MR) is 105 cm³/mol. The molecule has 2 unspecified atom stereocenters. The van der Waals surface area contributed by atoms with E-state index in [1.165, 1.54) is 0 Å². The number of hydrogen-bond donors (Lipinski definition) is 2. The summed E-state index contributed by atoms with van der Waals surface area (Å²) in [6.07, 6.45) is 0.402. The maximum atomic E-state index is 12.2. The fourth-order valence-electron chi connectivity index (χ4n) is 3.32. The number of nitrogens with zero attached hydrogens (tertiary/aromatic N) is 1. The molecule has 7 nitrogen and oxygen atoms in total. The van der Waals surface area contributed by atoms with E-state index in [1.54, 1.807) is 14.2 Å². The minimum Gasteiger partial charge on any atom is -0.493 e. The first-order valence-electron chi connectivity index (χ1n) is 9.38. The predicted octanol–water partition coefficient (Wildman–Crippen LogP) is 2.39. The Bertz CT molecular complexity index is 626. The molecule has 2 N–H and O–H groups in total. The van der Waals surface area contributed by atoms with Crippen LogP contribution in [-0.4, -0.2) is 62.5 Å². The van der Waals surface area contributed by atoms with Crippen molar-refractivity contribution >= 4 is 6.03 Å². The molecule has 1 aromatic rings. The molecule has 0 spiro atoms. The molecule has 1 heterocycles. The summed E-state index contributed by atoms with van der Waals surface area (Å²) >= 11 is 0. The van der Waals surface area contributed by atoms with Crippen LogP contribution in [0.2, 0.25) is 0 Å². The molecule has 2 atom stereocenters. The van der Waals surface area contributed by atoms with Crippen LogP contribution >= 0.6 is 0 Å². The van der Waals surface area contributed by atoms with Crippen molar-refractivity contribution in [2.24, 2.45) is 0 Å². The summed E-state index contributed by atoms with van der Waals surface area (Å²) < 4.78 is 16.3. The molecular formula is C20H33N3O4. The molecule has 0 bridgehead atoms. The molecule has 0 radical (unpaired) electrons. The number of urea groups is 1. The Hall–Kier alpha value is -1.99. The van der Waals surface area contributed by atoms with Gasteiger partial charge < -0.3 is 24.8 Å². The van der Waals surface area contributed by atoms with E-state index < -0.39 is 0 Å². The summed E-state index contributed by atoms with van der Waals surface area (Å²) in [4.78, 5) is 14.6. The first-order valence-corrected chi connectivity index (χ1v) is 9.38. The summed E-state index contributed by atoms with van der Waals surface area (Å²) in [5.74, 6) is 1.32. The number of rotatable bonds is 7. The maximum absolute atomic E-state index is 12.2. The van der Waals surface area contributed by atoms with Gasteiger partial charge in [0.15, 0.2) is 11.5 Å². The summed E-state index contributed by atoms with van der Waals surface area (Å²) in [5.41, 5.74) is 0.797. The van der Waals surface area contributed by atoms with Crippen LogP contribution in [0.4, 0.5) is 4.79 Å². The van der Waals surface area contributed by atoms with Gasteiger partial charge in [0.25, 0.3) is 0 Å². The van der Waals surface area contributed by atoms with Crippen LogP contribution in [0.15, 0.2) is 18.2 Å². The number of hydrogen-bond acceptors (Lipinski definition) is 5. The van der Waals surface area contributed by atoms with Gasteiger partial charge in [0.05, 0.1) is 26.4 Å². The molecule has 2 amide bonds. The highest BCUT2D eigenvalue weighted by atomic mass is 16.5. The molecular weight excluding hydrogens is 346 g/mol. The highest BCUT2D eigenvalue weighted by Gasteiger charge is 2.33. The van der Waals surface area contributed by atoms with Gasteiger partial charge in [-0.05, 0) is 45.4 Å². The Kier molecular flexibility index (Phi) is 7.33. The van der Waals surface area contributed by atoms with Crippen LogP contribution in [-0.2, 0) is 11.3 Å². The molecule has 0 aromatic heterocycles. The molecule has 1 saturated heterocycles. The van der Waals surface area contributed by atoms with Crippen LogP contribution in [0.1, 0.15) is 33.3 Å². The Morgan fingerprint density at radius 1 is 1.15 bits per heavy atom. The summed E-state index contributed by atoms with van der Waals surface area (Å²) in [6.45, 7) is 11.2. The topological polar surface area (TPSA) is 72.1 Å². The second-order valence-corrected chi connectivity index (χ2v) is 7.70. The Balaban J connectivity index is 1.83. The van der Waals surface area contributed by atoms with Crippen molar-refractivity contribution in [3.8, 4) is 11.5 Å². The van der Waals surface area contributed by atoms with Gasteiger partial charge in [0.2, 0.25) is 0 Å². The zero-order valence-electron chi connectivity index (χ0n) is 17.3. The van der Waals surface area contributed by atoms with Crippen LogP contribution < -0.4 is 20.1 Å². The molecule has 1 fully saturated rings. The van der Waals surface area contributed by atoms with Gasteiger partial charge >= 0.3 is 6.03 Å². The maximum Gasteiger partial charge on any atom is 0.315 e. The van der Waals surface area contributed by atoms with E-state index in [0.717, 1.165) is 18.7 Å². The van der Waals surface area contributed by atoms with Crippen molar-refractivity contribution in [1.29, 1.82) is 0 Å². The van der Waals surface area contributed by atoms with Gasteiger partial charge in [-0.15, -0.1) is 0 Å². The minimum absolute atomic E-state index is 0.146. The lowest BCUT2D eigenvalue weighted by Gasteiger charge is -2.45. The average molecular weight is 380 g/mol. The van der Waals surface area contributed by atoms with Gasteiger partial charge in [0.1, 0.15) is 0 Å². The molecule has 1 aliphatic rings. The molecule has 27 heavy (non-hydrogen) atoms. The Labute approximate surface area is 162 Å². The number of methoxy groups -OCH3 is 2. The second-order valence-electron chi connectivity index (χ2n) is 7.70. The fourth-order valence-corrected chi connectivity index (χ4v) is 3.32. The number of amides is 2. The van der Waals surface area contributed by atoms with E-state index in [4.69, 9.17) is 14.2 Å². The molecule has 1 aromatic carbocycles. The smallest absolute Gasteiger partial charge is 0.315 e. The Morgan fingerprint density at radius 2 is 1.78 bits per heavy atom. The second kappa shape index (κ2) is 9.28. The molecule has 2 rings (SSSR count). The largest absolute Gasteiger partial charge is 0.493 e. The van der Waals surface area contributed by atoms with E-state index in [9.17, 15) is 4.79 Å². The Morgan fingerprint density at radius 3 is 2.37 bits per heavy atom. The monoisotopic (exact) mass is 379 g/mol. The molecule has 0 saturated carbocycles. The third kappa shape index (κ3) is 6.01. The highest BCUT2D eigenvalue weighted by molar-refractivity contribution is 5.73. The van der Waals surface area contributed by atoms with E-state index in [0.29, 0.717) is 24.6 Å². The average Bonchev–Trinajstić information content (AvgIpc) is 2.63. The summed E-state index contributed by atoms with van der Waals surface area (Å²) in [6, 6.07) is 5.41. The molecule has 1 aliphatic heterocycles. The summed E-state index contributed by atoms with van der Waals surface area (Å²) in [5, 5.41) is 5.87. The van der Waals surface area contributed by atoms with Crippen molar-refractivity contribution < 1.29 is 19.0 Å². The first kappa shape index (κ1) is 21.3. The number of ether oxygens (including phenoxy) is 3. The normalized spacial score (nSPS) is 20.8. The van der Waals surface area contributed by atoms with Gasteiger partial charge in [-0.3, -0.25) is 4.90 Å². The van der Waals surface area contributed by atoms with E-state index in [1.807, 2.05) is 18.2 Å². The number of benzene rings is 1. The third-order valence-electron chi connectivity index (χ3n) is 4.86. The summed E-state index contributed by atoms with van der Waals surface area (Å²) in [7, 11) is 3.19. The number of carbonyl (C=O) groups is 1. The van der Waals surface area contributed by atoms with Crippen LogP contribution in [0, 0.1) is 0 Å². The fraction of sp³-hybridized carbons (Fsp3) is 0.650. The van der Waals surface area contributed by atoms with Crippen molar-refractivity contribution in [2.45, 2.75) is 52.0 Å². The quantitative estimate of drug-likeness (QED) is 0.761. The number of morpholine rings is 1. The number of carbonyl (C=O) groups excluding carboxylic acids is 1. The standard InChI is InChI=1S/C20H33N3O4/c1-14-11-23(12-15(2)27-14)20(3,4)13-22-19(24)21-10-16-7-8-17(25-5)18(9-16)26-6/h7-9,14-15H,10-13H2,1-6H3,(H2,21,22,24). The van der Waals surface area contributed by atoms with E-state index in [2.05, 4.69) is 43.2 Å². The lowest BCUT2D eigenvalue weighted by Crippen LogP contribution is -2.59. The highest BCUT2D eigenvalue weighted by Crippen LogP contribution is 2.27. The van der Waals surface area contributed by atoms with Crippen LogP contribution in [0.5, 0.6) is 11.5 Å². The van der Waals surface area contributed by atoms with E-state index >= 15 is 0 Å². The zero-order valence-corrected chi connectivity index (χ0v) is 17.3. The zero-order chi connectivity index (χ0) is 20.0.